The van der Waals surface area contributed by atoms with Crippen LogP contribution in [0.25, 0.3) is 0 Å². The number of hydrogen-bond donors (Lipinski definition) is 1. The topological polar surface area (TPSA) is 97.7 Å². The average Bonchev–Trinajstić information content (AvgIpc) is 2.66. The number of rotatable bonds is 4. The molecule has 1 heterocycles. The summed E-state index contributed by atoms with van der Waals surface area (Å²) in [6.45, 7) is -0.485. The third-order valence-electron chi connectivity index (χ3n) is 3.49. The molecule has 1 N–H and O–H groups in total. The number of ether oxygens (including phenoxy) is 3. The minimum absolute atomic E-state index is 0.00267. The molecule has 0 radical (unpaired) electrons. The van der Waals surface area contributed by atoms with Gasteiger partial charge in [-0.1, -0.05) is 23.7 Å². The summed E-state index contributed by atoms with van der Waals surface area (Å²) in [6, 6.07) is 13.3. The van der Waals surface area contributed by atoms with Crippen molar-refractivity contribution in [1.82, 2.24) is 0 Å². The Morgan fingerprint density at radius 3 is 2.77 bits per heavy atom. The number of amides is 1. The van der Waals surface area contributed by atoms with Gasteiger partial charge < -0.3 is 19.5 Å². The summed E-state index contributed by atoms with van der Waals surface area (Å²) in [6.07, 6.45) is -0.943. The number of hydrogen-bond acceptors (Lipinski definition) is 6. The van der Waals surface area contributed by atoms with E-state index < -0.39 is 24.6 Å². The average molecular weight is 373 g/mol. The molecule has 0 saturated heterocycles. The molecule has 1 aliphatic heterocycles. The summed E-state index contributed by atoms with van der Waals surface area (Å²) >= 11 is 5.89. The van der Waals surface area contributed by atoms with Crippen molar-refractivity contribution in [2.75, 3.05) is 18.5 Å². The van der Waals surface area contributed by atoms with Gasteiger partial charge in [-0.05, 0) is 30.3 Å². The number of carbonyl (C=O) groups excluding carboxylic acids is 2. The molecule has 3 rings (SSSR count). The van der Waals surface area contributed by atoms with E-state index >= 15 is 0 Å². The highest BCUT2D eigenvalue weighted by molar-refractivity contribution is 6.32. The second-order valence-electron chi connectivity index (χ2n) is 5.33. The molecular formula is C18H13ClN2O5. The van der Waals surface area contributed by atoms with E-state index in [1.807, 2.05) is 6.07 Å². The van der Waals surface area contributed by atoms with Gasteiger partial charge in [-0.25, -0.2) is 4.79 Å². The highest BCUT2D eigenvalue weighted by atomic mass is 35.5. The number of para-hydroxylation sites is 2. The van der Waals surface area contributed by atoms with E-state index in [1.54, 1.807) is 24.3 Å². The predicted octanol–water partition coefficient (Wildman–Crippen LogP) is 2.53. The molecule has 0 spiro atoms. The van der Waals surface area contributed by atoms with Gasteiger partial charge in [-0.15, -0.1) is 0 Å². The lowest BCUT2D eigenvalue weighted by atomic mass is 10.2. The molecular weight excluding hydrogens is 360 g/mol. The predicted molar refractivity (Wildman–Crippen MR) is 92.1 cm³/mol. The fourth-order valence-corrected chi connectivity index (χ4v) is 2.47. The van der Waals surface area contributed by atoms with Crippen LogP contribution >= 0.6 is 11.6 Å². The first-order valence-corrected chi connectivity index (χ1v) is 7.99. The molecule has 0 fully saturated rings. The van der Waals surface area contributed by atoms with Crippen molar-refractivity contribution < 1.29 is 23.8 Å². The standard InChI is InChI=1S/C18H13ClN2O5/c19-13-7-12(6-5-11(13)8-20)21-17(22)10-25-18(23)16-9-24-14-3-1-2-4-15(14)26-16/h1-7,16H,9-10H2,(H,21,22). The summed E-state index contributed by atoms with van der Waals surface area (Å²) in [5.74, 6) is -0.256. The SMILES string of the molecule is N#Cc1ccc(NC(=O)COC(=O)C2COc3ccccc3O2)cc1Cl. The Morgan fingerprint density at radius 2 is 2.04 bits per heavy atom. The Morgan fingerprint density at radius 1 is 1.27 bits per heavy atom. The van der Waals surface area contributed by atoms with Crippen LogP contribution in [0.4, 0.5) is 5.69 Å². The number of nitriles is 1. The molecule has 1 aliphatic rings. The third-order valence-corrected chi connectivity index (χ3v) is 3.80. The maximum Gasteiger partial charge on any atom is 0.351 e. The molecule has 0 aromatic heterocycles. The lowest BCUT2D eigenvalue weighted by Crippen LogP contribution is -2.39. The maximum atomic E-state index is 12.0. The highest BCUT2D eigenvalue weighted by Crippen LogP contribution is 2.31. The zero-order valence-electron chi connectivity index (χ0n) is 13.4. The molecule has 1 amide bonds. The zero-order valence-corrected chi connectivity index (χ0v) is 14.2. The minimum Gasteiger partial charge on any atom is -0.485 e. The monoisotopic (exact) mass is 372 g/mol. The first-order chi connectivity index (χ1) is 12.6. The summed E-state index contributed by atoms with van der Waals surface area (Å²) in [7, 11) is 0. The molecule has 0 bridgehead atoms. The summed E-state index contributed by atoms with van der Waals surface area (Å²) in [5, 5.41) is 11.6. The number of nitrogens with zero attached hydrogens (tertiary/aromatic N) is 1. The van der Waals surface area contributed by atoms with Crippen LogP contribution in [-0.2, 0) is 14.3 Å². The van der Waals surface area contributed by atoms with E-state index in [4.69, 9.17) is 31.1 Å². The largest absolute Gasteiger partial charge is 0.485 e. The van der Waals surface area contributed by atoms with Crippen LogP contribution in [0.1, 0.15) is 5.56 Å². The van der Waals surface area contributed by atoms with Gasteiger partial charge in [0.25, 0.3) is 5.91 Å². The fourth-order valence-electron chi connectivity index (χ4n) is 2.25. The van der Waals surface area contributed by atoms with Gasteiger partial charge in [-0.2, -0.15) is 5.26 Å². The second kappa shape index (κ2) is 7.76. The van der Waals surface area contributed by atoms with Gasteiger partial charge in [0.2, 0.25) is 6.10 Å². The van der Waals surface area contributed by atoms with E-state index in [-0.39, 0.29) is 11.6 Å². The Bertz CT molecular complexity index is 893. The summed E-state index contributed by atoms with van der Waals surface area (Å²) < 4.78 is 15.9. The molecule has 8 heteroatoms. The lowest BCUT2D eigenvalue weighted by Gasteiger charge is -2.24. The first-order valence-electron chi connectivity index (χ1n) is 7.61. The summed E-state index contributed by atoms with van der Waals surface area (Å²) in [4.78, 5) is 23.9. The van der Waals surface area contributed by atoms with Gasteiger partial charge in [0.05, 0.1) is 10.6 Å². The molecule has 2 aromatic rings. The quantitative estimate of drug-likeness (QED) is 0.828. The Hall–Kier alpha value is -3.24. The number of fused-ring (bicyclic) bond motifs is 1. The molecule has 2 aromatic carbocycles. The van der Waals surface area contributed by atoms with Crippen LogP contribution in [-0.4, -0.2) is 31.2 Å². The van der Waals surface area contributed by atoms with Crippen LogP contribution in [0.2, 0.25) is 5.02 Å². The number of nitrogens with one attached hydrogen (secondary N) is 1. The normalized spacial score (nSPS) is 14.8. The van der Waals surface area contributed by atoms with Crippen molar-refractivity contribution in [2.24, 2.45) is 0 Å². The first kappa shape index (κ1) is 17.6. The van der Waals surface area contributed by atoms with Crippen molar-refractivity contribution in [1.29, 1.82) is 5.26 Å². The van der Waals surface area contributed by atoms with Crippen LogP contribution in [0.15, 0.2) is 42.5 Å². The van der Waals surface area contributed by atoms with Crippen LogP contribution in [0.3, 0.4) is 0 Å². The molecule has 132 valence electrons. The Kier molecular flexibility index (Phi) is 5.25. The van der Waals surface area contributed by atoms with E-state index in [0.717, 1.165) is 0 Å². The molecule has 1 atom stereocenters. The van der Waals surface area contributed by atoms with E-state index in [0.29, 0.717) is 22.7 Å². The number of anilines is 1. The number of esters is 1. The van der Waals surface area contributed by atoms with Crippen molar-refractivity contribution in [3.05, 3.63) is 53.1 Å². The highest BCUT2D eigenvalue weighted by Gasteiger charge is 2.29. The van der Waals surface area contributed by atoms with Gasteiger partial charge in [-0.3, -0.25) is 4.79 Å². The molecule has 1 unspecified atom stereocenters. The third kappa shape index (κ3) is 4.05. The lowest BCUT2D eigenvalue weighted by molar-refractivity contribution is -0.156. The molecule has 7 nitrogen and oxygen atoms in total. The second-order valence-corrected chi connectivity index (χ2v) is 5.73. The Balaban J connectivity index is 1.51. The van der Waals surface area contributed by atoms with Crippen molar-refractivity contribution in [3.63, 3.8) is 0 Å². The van der Waals surface area contributed by atoms with Crippen LogP contribution in [0, 0.1) is 11.3 Å². The minimum atomic E-state index is -0.943. The van der Waals surface area contributed by atoms with Crippen molar-refractivity contribution >= 4 is 29.2 Å². The van der Waals surface area contributed by atoms with Crippen LogP contribution < -0.4 is 14.8 Å². The maximum absolute atomic E-state index is 12.0. The van der Waals surface area contributed by atoms with Crippen LogP contribution in [0.5, 0.6) is 11.5 Å². The van der Waals surface area contributed by atoms with E-state index in [1.165, 1.54) is 18.2 Å². The molecule has 0 saturated carbocycles. The Labute approximate surface area is 154 Å². The number of halogens is 1. The van der Waals surface area contributed by atoms with Crippen molar-refractivity contribution in [3.8, 4) is 17.6 Å². The molecule has 0 aliphatic carbocycles. The van der Waals surface area contributed by atoms with E-state index in [9.17, 15) is 9.59 Å². The number of benzene rings is 2. The smallest absolute Gasteiger partial charge is 0.351 e. The van der Waals surface area contributed by atoms with Gasteiger partial charge in [0.1, 0.15) is 12.7 Å². The zero-order chi connectivity index (χ0) is 18.5. The fraction of sp³-hybridized carbons (Fsp3) is 0.167. The number of carbonyl (C=O) groups is 2. The van der Waals surface area contributed by atoms with Gasteiger partial charge in [0.15, 0.2) is 18.1 Å². The van der Waals surface area contributed by atoms with Crippen molar-refractivity contribution in [2.45, 2.75) is 6.10 Å². The van der Waals surface area contributed by atoms with Gasteiger partial charge in [0, 0.05) is 5.69 Å². The summed E-state index contributed by atoms with van der Waals surface area (Å²) in [5.41, 5.74) is 0.687. The van der Waals surface area contributed by atoms with Gasteiger partial charge >= 0.3 is 5.97 Å². The van der Waals surface area contributed by atoms with E-state index in [2.05, 4.69) is 5.32 Å². The molecule has 26 heavy (non-hydrogen) atoms.